The SMILES string of the molecule is CCOC1COCCN1C(=O)OC(C)(C)C. The highest BCUT2D eigenvalue weighted by Gasteiger charge is 2.31. The predicted octanol–water partition coefficient (Wildman–Crippen LogP) is 1.62. The Hall–Kier alpha value is -0.810. The number of nitrogens with zero attached hydrogens (tertiary/aromatic N) is 1. The van der Waals surface area contributed by atoms with Crippen LogP contribution in [0.5, 0.6) is 0 Å². The minimum Gasteiger partial charge on any atom is -0.444 e. The zero-order chi connectivity index (χ0) is 12.2. The fourth-order valence-corrected chi connectivity index (χ4v) is 1.44. The van der Waals surface area contributed by atoms with Crippen LogP contribution < -0.4 is 0 Å². The van der Waals surface area contributed by atoms with E-state index in [9.17, 15) is 4.79 Å². The molecule has 0 aromatic rings. The molecule has 0 aromatic heterocycles. The van der Waals surface area contributed by atoms with Gasteiger partial charge in [0.2, 0.25) is 0 Å². The number of carbonyl (C=O) groups is 1. The number of morpholine rings is 1. The summed E-state index contributed by atoms with van der Waals surface area (Å²) in [5, 5.41) is 0. The van der Waals surface area contributed by atoms with Gasteiger partial charge in [0.1, 0.15) is 5.60 Å². The molecule has 1 amide bonds. The van der Waals surface area contributed by atoms with Crippen molar-refractivity contribution in [2.75, 3.05) is 26.4 Å². The topological polar surface area (TPSA) is 48.0 Å². The number of ether oxygens (including phenoxy) is 3. The molecule has 5 nitrogen and oxygen atoms in total. The molecule has 1 atom stereocenters. The minimum absolute atomic E-state index is 0.325. The van der Waals surface area contributed by atoms with E-state index in [-0.39, 0.29) is 12.3 Å². The van der Waals surface area contributed by atoms with Crippen molar-refractivity contribution in [1.29, 1.82) is 0 Å². The predicted molar refractivity (Wildman–Crippen MR) is 59.2 cm³/mol. The maximum Gasteiger partial charge on any atom is 0.412 e. The van der Waals surface area contributed by atoms with E-state index in [0.29, 0.717) is 26.4 Å². The highest BCUT2D eigenvalue weighted by molar-refractivity contribution is 5.68. The van der Waals surface area contributed by atoms with Crippen molar-refractivity contribution in [3.63, 3.8) is 0 Å². The molecule has 0 aromatic carbocycles. The zero-order valence-corrected chi connectivity index (χ0v) is 10.5. The summed E-state index contributed by atoms with van der Waals surface area (Å²) >= 11 is 0. The Morgan fingerprint density at radius 2 is 2.19 bits per heavy atom. The van der Waals surface area contributed by atoms with Crippen molar-refractivity contribution in [1.82, 2.24) is 4.90 Å². The normalized spacial score (nSPS) is 22.0. The molecule has 5 heteroatoms. The van der Waals surface area contributed by atoms with E-state index in [0.717, 1.165) is 0 Å². The highest BCUT2D eigenvalue weighted by Crippen LogP contribution is 2.15. The number of amides is 1. The summed E-state index contributed by atoms with van der Waals surface area (Å²) in [6, 6.07) is 0. The third-order valence-corrected chi connectivity index (χ3v) is 2.07. The molecule has 0 aliphatic carbocycles. The molecule has 1 unspecified atom stereocenters. The van der Waals surface area contributed by atoms with Crippen molar-refractivity contribution < 1.29 is 19.0 Å². The van der Waals surface area contributed by atoms with E-state index in [1.807, 2.05) is 27.7 Å². The molecule has 1 saturated heterocycles. The third kappa shape index (κ3) is 3.98. The van der Waals surface area contributed by atoms with Gasteiger partial charge in [-0.2, -0.15) is 0 Å². The van der Waals surface area contributed by atoms with Gasteiger partial charge in [-0.15, -0.1) is 0 Å². The molecule has 94 valence electrons. The summed E-state index contributed by atoms with van der Waals surface area (Å²) in [7, 11) is 0. The maximum absolute atomic E-state index is 11.9. The number of carbonyl (C=O) groups excluding carboxylic acids is 1. The Morgan fingerprint density at radius 3 is 2.75 bits per heavy atom. The van der Waals surface area contributed by atoms with Crippen LogP contribution in [0, 0.1) is 0 Å². The first-order chi connectivity index (χ1) is 7.44. The van der Waals surface area contributed by atoms with Crippen LogP contribution >= 0.6 is 0 Å². The summed E-state index contributed by atoms with van der Waals surface area (Å²) in [5.74, 6) is 0. The molecule has 1 aliphatic rings. The second-order valence-electron chi connectivity index (χ2n) is 4.66. The summed E-state index contributed by atoms with van der Waals surface area (Å²) in [5.41, 5.74) is -0.480. The van der Waals surface area contributed by atoms with Crippen molar-refractivity contribution >= 4 is 6.09 Å². The molecule has 0 saturated carbocycles. The van der Waals surface area contributed by atoms with Gasteiger partial charge in [-0.3, -0.25) is 4.90 Å². The molecule has 0 spiro atoms. The third-order valence-electron chi connectivity index (χ3n) is 2.07. The molecule has 1 heterocycles. The van der Waals surface area contributed by atoms with E-state index < -0.39 is 5.60 Å². The molecular weight excluding hydrogens is 210 g/mol. The Bertz CT molecular complexity index is 235. The lowest BCUT2D eigenvalue weighted by atomic mass is 10.2. The molecule has 1 fully saturated rings. The highest BCUT2D eigenvalue weighted by atomic mass is 16.6. The van der Waals surface area contributed by atoms with Crippen molar-refractivity contribution in [2.45, 2.75) is 39.5 Å². The van der Waals surface area contributed by atoms with E-state index in [2.05, 4.69) is 0 Å². The minimum atomic E-state index is -0.480. The standard InChI is InChI=1S/C11H21NO4/c1-5-15-9-8-14-7-6-12(9)10(13)16-11(2,3)4/h9H,5-8H2,1-4H3. The molecule has 1 rings (SSSR count). The Labute approximate surface area is 96.6 Å². The Kier molecular flexibility index (Phi) is 4.56. The van der Waals surface area contributed by atoms with Gasteiger partial charge in [0.15, 0.2) is 6.23 Å². The van der Waals surface area contributed by atoms with Gasteiger partial charge in [-0.25, -0.2) is 4.79 Å². The van der Waals surface area contributed by atoms with Gasteiger partial charge in [0.25, 0.3) is 0 Å². The monoisotopic (exact) mass is 231 g/mol. The largest absolute Gasteiger partial charge is 0.444 e. The smallest absolute Gasteiger partial charge is 0.412 e. The lowest BCUT2D eigenvalue weighted by Gasteiger charge is -2.35. The van der Waals surface area contributed by atoms with Gasteiger partial charge < -0.3 is 14.2 Å². The number of rotatable bonds is 2. The van der Waals surface area contributed by atoms with Crippen LogP contribution in [0.4, 0.5) is 4.79 Å². The first-order valence-corrected chi connectivity index (χ1v) is 5.63. The van der Waals surface area contributed by atoms with E-state index in [4.69, 9.17) is 14.2 Å². The van der Waals surface area contributed by atoms with Crippen LogP contribution in [-0.2, 0) is 14.2 Å². The van der Waals surface area contributed by atoms with Gasteiger partial charge in [-0.05, 0) is 27.7 Å². The van der Waals surface area contributed by atoms with Crippen LogP contribution in [0.15, 0.2) is 0 Å². The van der Waals surface area contributed by atoms with Crippen molar-refractivity contribution in [2.24, 2.45) is 0 Å². The first-order valence-electron chi connectivity index (χ1n) is 5.63. The molecular formula is C11H21NO4. The van der Waals surface area contributed by atoms with Gasteiger partial charge >= 0.3 is 6.09 Å². The Morgan fingerprint density at radius 1 is 1.50 bits per heavy atom. The molecule has 0 bridgehead atoms. The summed E-state index contributed by atoms with van der Waals surface area (Å²) in [6.07, 6.45) is -0.664. The molecule has 1 aliphatic heterocycles. The van der Waals surface area contributed by atoms with Gasteiger partial charge in [0.05, 0.1) is 19.8 Å². The average molecular weight is 231 g/mol. The number of hydrogen-bond donors (Lipinski definition) is 0. The fraction of sp³-hybridized carbons (Fsp3) is 0.909. The van der Waals surface area contributed by atoms with E-state index in [1.54, 1.807) is 4.90 Å². The zero-order valence-electron chi connectivity index (χ0n) is 10.5. The van der Waals surface area contributed by atoms with Gasteiger partial charge in [0, 0.05) is 6.61 Å². The summed E-state index contributed by atoms with van der Waals surface area (Å²) < 4.78 is 16.0. The van der Waals surface area contributed by atoms with Crippen molar-refractivity contribution in [3.05, 3.63) is 0 Å². The summed E-state index contributed by atoms with van der Waals surface area (Å²) in [6.45, 7) is 9.44. The van der Waals surface area contributed by atoms with Gasteiger partial charge in [-0.1, -0.05) is 0 Å². The van der Waals surface area contributed by atoms with Crippen LogP contribution in [-0.4, -0.2) is 49.2 Å². The second-order valence-corrected chi connectivity index (χ2v) is 4.66. The lowest BCUT2D eigenvalue weighted by molar-refractivity contribution is -0.132. The maximum atomic E-state index is 11.9. The Balaban J connectivity index is 2.57. The second kappa shape index (κ2) is 5.50. The van der Waals surface area contributed by atoms with Crippen LogP contribution in [0.3, 0.4) is 0 Å². The molecule has 16 heavy (non-hydrogen) atoms. The fourth-order valence-electron chi connectivity index (χ4n) is 1.44. The quantitative estimate of drug-likeness (QED) is 0.724. The first kappa shape index (κ1) is 13.3. The van der Waals surface area contributed by atoms with Crippen molar-refractivity contribution in [3.8, 4) is 0 Å². The van der Waals surface area contributed by atoms with E-state index >= 15 is 0 Å². The van der Waals surface area contributed by atoms with Crippen LogP contribution in [0.1, 0.15) is 27.7 Å². The average Bonchev–Trinajstić information content (AvgIpc) is 2.16. The lowest BCUT2D eigenvalue weighted by Crippen LogP contribution is -2.51. The summed E-state index contributed by atoms with van der Waals surface area (Å²) in [4.78, 5) is 13.4. The molecule has 0 radical (unpaired) electrons. The van der Waals surface area contributed by atoms with Crippen LogP contribution in [0.2, 0.25) is 0 Å². The van der Waals surface area contributed by atoms with Crippen LogP contribution in [0.25, 0.3) is 0 Å². The molecule has 0 N–H and O–H groups in total. The van der Waals surface area contributed by atoms with E-state index in [1.165, 1.54) is 0 Å². The number of hydrogen-bond acceptors (Lipinski definition) is 4.